The molecule has 0 bridgehead atoms. The molecule has 0 fully saturated rings. The predicted octanol–water partition coefficient (Wildman–Crippen LogP) is 4.96. The molecule has 1 aromatic carbocycles. The standard InChI is InChI=1S/C13H7BrOS2/c14-10-5-6-16-13(10)12(15)9-7-17-11-4-2-1-3-8(9)11/h1-7H. The molecule has 2 aromatic heterocycles. The Hall–Kier alpha value is -0.970. The first-order valence-electron chi connectivity index (χ1n) is 5.01. The molecule has 0 aliphatic rings. The number of hydrogen-bond donors (Lipinski definition) is 0. The maximum absolute atomic E-state index is 12.4. The Morgan fingerprint density at radius 3 is 2.71 bits per heavy atom. The van der Waals surface area contributed by atoms with Gasteiger partial charge in [0.2, 0.25) is 5.78 Å². The Morgan fingerprint density at radius 2 is 1.94 bits per heavy atom. The molecule has 84 valence electrons. The van der Waals surface area contributed by atoms with Crippen LogP contribution in [-0.4, -0.2) is 5.78 Å². The average Bonchev–Trinajstić information content (AvgIpc) is 2.94. The molecule has 1 nitrogen and oxygen atoms in total. The van der Waals surface area contributed by atoms with Crippen LogP contribution in [0, 0.1) is 0 Å². The molecule has 0 amide bonds. The molecule has 0 radical (unpaired) electrons. The van der Waals surface area contributed by atoms with E-state index in [1.54, 1.807) is 11.3 Å². The van der Waals surface area contributed by atoms with Crippen molar-refractivity contribution in [3.8, 4) is 0 Å². The van der Waals surface area contributed by atoms with E-state index in [9.17, 15) is 4.79 Å². The van der Waals surface area contributed by atoms with Gasteiger partial charge in [-0.3, -0.25) is 4.79 Å². The molecule has 0 aliphatic heterocycles. The van der Waals surface area contributed by atoms with E-state index >= 15 is 0 Å². The van der Waals surface area contributed by atoms with Crippen molar-refractivity contribution in [3.63, 3.8) is 0 Å². The minimum absolute atomic E-state index is 0.101. The second-order valence-corrected chi connectivity index (χ2v) is 6.25. The third-order valence-electron chi connectivity index (χ3n) is 2.55. The number of fused-ring (bicyclic) bond motifs is 1. The first-order valence-corrected chi connectivity index (χ1v) is 7.56. The quantitative estimate of drug-likeness (QED) is 0.610. The summed E-state index contributed by atoms with van der Waals surface area (Å²) in [7, 11) is 0. The summed E-state index contributed by atoms with van der Waals surface area (Å²) in [6.45, 7) is 0. The van der Waals surface area contributed by atoms with Gasteiger partial charge in [-0.2, -0.15) is 0 Å². The van der Waals surface area contributed by atoms with E-state index in [2.05, 4.69) is 15.9 Å². The van der Waals surface area contributed by atoms with E-state index in [1.165, 1.54) is 11.3 Å². The van der Waals surface area contributed by atoms with Crippen molar-refractivity contribution in [3.05, 3.63) is 56.0 Å². The SMILES string of the molecule is O=C(c1sccc1Br)c1csc2ccccc12. The lowest BCUT2D eigenvalue weighted by molar-refractivity contribution is 0.104. The molecule has 4 heteroatoms. The highest BCUT2D eigenvalue weighted by Gasteiger charge is 2.17. The van der Waals surface area contributed by atoms with Crippen molar-refractivity contribution in [2.45, 2.75) is 0 Å². The Labute approximate surface area is 115 Å². The van der Waals surface area contributed by atoms with Gasteiger partial charge in [0, 0.05) is 25.5 Å². The van der Waals surface area contributed by atoms with Gasteiger partial charge < -0.3 is 0 Å². The lowest BCUT2D eigenvalue weighted by Gasteiger charge is -1.97. The van der Waals surface area contributed by atoms with Crippen LogP contribution < -0.4 is 0 Å². The van der Waals surface area contributed by atoms with Gasteiger partial charge in [0.15, 0.2) is 0 Å². The van der Waals surface area contributed by atoms with E-state index in [4.69, 9.17) is 0 Å². The van der Waals surface area contributed by atoms with Crippen LogP contribution in [-0.2, 0) is 0 Å². The molecular formula is C13H7BrOS2. The van der Waals surface area contributed by atoms with Crippen LogP contribution in [0.15, 0.2) is 45.6 Å². The largest absolute Gasteiger partial charge is 0.288 e. The molecule has 0 unspecified atom stereocenters. The van der Waals surface area contributed by atoms with Crippen molar-refractivity contribution in [1.82, 2.24) is 0 Å². The molecule has 0 aliphatic carbocycles. The fourth-order valence-electron chi connectivity index (χ4n) is 1.73. The van der Waals surface area contributed by atoms with Crippen molar-refractivity contribution < 1.29 is 4.79 Å². The first-order chi connectivity index (χ1) is 8.27. The number of carbonyl (C=O) groups excluding carboxylic acids is 1. The highest BCUT2D eigenvalue weighted by Crippen LogP contribution is 2.31. The summed E-state index contributed by atoms with van der Waals surface area (Å²) in [6, 6.07) is 9.91. The van der Waals surface area contributed by atoms with E-state index in [1.807, 2.05) is 41.1 Å². The second kappa shape index (κ2) is 4.37. The Bertz CT molecular complexity index is 696. The van der Waals surface area contributed by atoms with Crippen LogP contribution in [0.4, 0.5) is 0 Å². The summed E-state index contributed by atoms with van der Waals surface area (Å²) in [6.07, 6.45) is 0. The predicted molar refractivity (Wildman–Crippen MR) is 77.3 cm³/mol. The second-order valence-electron chi connectivity index (χ2n) is 3.57. The van der Waals surface area contributed by atoms with Gasteiger partial charge in [0.05, 0.1) is 4.88 Å². The maximum Gasteiger partial charge on any atom is 0.205 e. The third-order valence-corrected chi connectivity index (χ3v) is 5.35. The zero-order valence-corrected chi connectivity index (χ0v) is 11.9. The normalized spacial score (nSPS) is 10.9. The number of thiophene rings is 2. The van der Waals surface area contributed by atoms with Gasteiger partial charge in [0.1, 0.15) is 0 Å². The third kappa shape index (κ3) is 1.86. The smallest absolute Gasteiger partial charge is 0.205 e. The number of halogens is 1. The average molecular weight is 323 g/mol. The molecule has 0 saturated carbocycles. The Kier molecular flexibility index (Phi) is 2.86. The Balaban J connectivity index is 2.17. The van der Waals surface area contributed by atoms with Crippen molar-refractivity contribution >= 4 is 54.5 Å². The summed E-state index contributed by atoms with van der Waals surface area (Å²) in [4.78, 5) is 13.2. The van der Waals surface area contributed by atoms with Crippen molar-refractivity contribution in [1.29, 1.82) is 0 Å². The summed E-state index contributed by atoms with van der Waals surface area (Å²) < 4.78 is 2.03. The van der Waals surface area contributed by atoms with Gasteiger partial charge in [-0.15, -0.1) is 22.7 Å². The monoisotopic (exact) mass is 322 g/mol. The minimum atomic E-state index is 0.101. The lowest BCUT2D eigenvalue weighted by Crippen LogP contribution is -1.97. The van der Waals surface area contributed by atoms with Gasteiger partial charge >= 0.3 is 0 Å². The number of carbonyl (C=O) groups is 1. The summed E-state index contributed by atoms with van der Waals surface area (Å²) >= 11 is 6.50. The molecule has 17 heavy (non-hydrogen) atoms. The van der Waals surface area contributed by atoms with Gasteiger partial charge in [-0.05, 0) is 33.4 Å². The number of hydrogen-bond acceptors (Lipinski definition) is 3. The highest BCUT2D eigenvalue weighted by molar-refractivity contribution is 9.10. The Morgan fingerprint density at radius 1 is 1.12 bits per heavy atom. The topological polar surface area (TPSA) is 17.1 Å². The number of rotatable bonds is 2. The van der Waals surface area contributed by atoms with Crippen LogP contribution in [0.3, 0.4) is 0 Å². The zero-order chi connectivity index (χ0) is 11.8. The molecule has 0 atom stereocenters. The molecule has 2 heterocycles. The van der Waals surface area contributed by atoms with Crippen molar-refractivity contribution in [2.24, 2.45) is 0 Å². The lowest BCUT2D eigenvalue weighted by atomic mass is 10.1. The fourth-order valence-corrected chi connectivity index (χ4v) is 4.18. The van der Waals surface area contributed by atoms with E-state index in [-0.39, 0.29) is 5.78 Å². The molecule has 0 saturated heterocycles. The van der Waals surface area contributed by atoms with Crippen LogP contribution in [0.2, 0.25) is 0 Å². The molecular weight excluding hydrogens is 316 g/mol. The summed E-state index contributed by atoms with van der Waals surface area (Å²) in [5, 5.41) is 4.91. The van der Waals surface area contributed by atoms with E-state index in [0.29, 0.717) is 0 Å². The summed E-state index contributed by atoms with van der Waals surface area (Å²) in [5.74, 6) is 0.101. The molecule has 0 spiro atoms. The highest BCUT2D eigenvalue weighted by atomic mass is 79.9. The molecule has 3 aromatic rings. The minimum Gasteiger partial charge on any atom is -0.288 e. The van der Waals surface area contributed by atoms with Crippen LogP contribution in [0.1, 0.15) is 15.2 Å². The van der Waals surface area contributed by atoms with Gasteiger partial charge in [-0.1, -0.05) is 18.2 Å². The summed E-state index contributed by atoms with van der Waals surface area (Å²) in [5.41, 5.74) is 0.800. The maximum atomic E-state index is 12.4. The van der Waals surface area contributed by atoms with Crippen LogP contribution in [0.5, 0.6) is 0 Å². The van der Waals surface area contributed by atoms with Gasteiger partial charge in [0.25, 0.3) is 0 Å². The molecule has 3 rings (SSSR count). The van der Waals surface area contributed by atoms with Crippen LogP contribution >= 0.6 is 38.6 Å². The number of benzene rings is 1. The van der Waals surface area contributed by atoms with E-state index < -0.39 is 0 Å². The van der Waals surface area contributed by atoms with Gasteiger partial charge in [-0.25, -0.2) is 0 Å². The van der Waals surface area contributed by atoms with Crippen molar-refractivity contribution in [2.75, 3.05) is 0 Å². The number of ketones is 1. The molecule has 0 N–H and O–H groups in total. The van der Waals surface area contributed by atoms with Crippen LogP contribution in [0.25, 0.3) is 10.1 Å². The fraction of sp³-hybridized carbons (Fsp3) is 0. The first kappa shape index (κ1) is 11.1. The van der Waals surface area contributed by atoms with E-state index in [0.717, 1.165) is 25.0 Å². The zero-order valence-electron chi connectivity index (χ0n) is 8.64.